The third-order valence-corrected chi connectivity index (χ3v) is 1.63. The molecule has 6 nitrogen and oxygen atoms in total. The minimum atomic E-state index is -0.435. The van der Waals surface area contributed by atoms with Crippen molar-refractivity contribution < 1.29 is 28.5 Å². The Bertz CT molecular complexity index is 261. The van der Waals surface area contributed by atoms with Gasteiger partial charge in [0.25, 0.3) is 0 Å². The molecule has 98 valence electrons. The zero-order valence-electron chi connectivity index (χ0n) is 10.2. The molecular formula is C11H18O6. The van der Waals surface area contributed by atoms with E-state index in [0.717, 1.165) is 0 Å². The van der Waals surface area contributed by atoms with E-state index in [2.05, 4.69) is 11.3 Å². The first-order valence-electron chi connectivity index (χ1n) is 5.13. The van der Waals surface area contributed by atoms with Gasteiger partial charge in [0, 0.05) is 5.57 Å². The number of ether oxygens (including phenoxy) is 4. The Kier molecular flexibility index (Phi) is 8.99. The summed E-state index contributed by atoms with van der Waals surface area (Å²) in [5.41, 5.74) is 0.353. The molecule has 0 saturated heterocycles. The Morgan fingerprint density at radius 1 is 1.06 bits per heavy atom. The number of carbonyl (C=O) groups is 2. The highest BCUT2D eigenvalue weighted by Gasteiger charge is 2.02. The smallest absolute Gasteiger partial charge is 0.333 e. The molecule has 0 unspecified atom stereocenters. The molecule has 0 heterocycles. The summed E-state index contributed by atoms with van der Waals surface area (Å²) in [5.74, 6) is -0.865. The molecule has 0 rings (SSSR count). The van der Waals surface area contributed by atoms with Gasteiger partial charge in [-0.3, -0.25) is 0 Å². The lowest BCUT2D eigenvalue weighted by molar-refractivity contribution is -0.147. The van der Waals surface area contributed by atoms with Crippen LogP contribution in [0.25, 0.3) is 0 Å². The molecule has 0 fully saturated rings. The van der Waals surface area contributed by atoms with Crippen LogP contribution in [-0.4, -0.2) is 52.1 Å². The van der Waals surface area contributed by atoms with Gasteiger partial charge >= 0.3 is 11.9 Å². The Morgan fingerprint density at radius 2 is 1.65 bits per heavy atom. The topological polar surface area (TPSA) is 71.1 Å². The lowest BCUT2D eigenvalue weighted by Crippen LogP contribution is -2.15. The maximum Gasteiger partial charge on any atom is 0.333 e. The van der Waals surface area contributed by atoms with Crippen LogP contribution in [0, 0.1) is 0 Å². The van der Waals surface area contributed by atoms with Crippen LogP contribution >= 0.6 is 0 Å². The molecule has 17 heavy (non-hydrogen) atoms. The first kappa shape index (κ1) is 15.6. The molecule has 0 spiro atoms. The lowest BCUT2D eigenvalue weighted by atomic mass is 10.4. The molecule has 0 aliphatic heterocycles. The van der Waals surface area contributed by atoms with Crippen LogP contribution in [0.2, 0.25) is 0 Å². The van der Waals surface area contributed by atoms with E-state index in [1.807, 2.05) is 0 Å². The highest BCUT2D eigenvalue weighted by molar-refractivity contribution is 5.86. The summed E-state index contributed by atoms with van der Waals surface area (Å²) < 4.78 is 19.2. The summed E-state index contributed by atoms with van der Waals surface area (Å²) in [6, 6.07) is 0. The van der Waals surface area contributed by atoms with Gasteiger partial charge in [-0.25, -0.2) is 9.59 Å². The number of carbonyl (C=O) groups excluding carboxylic acids is 2. The van der Waals surface area contributed by atoms with Gasteiger partial charge in [-0.15, -0.1) is 0 Å². The number of rotatable bonds is 9. The van der Waals surface area contributed by atoms with Crippen molar-refractivity contribution in [2.75, 3.05) is 40.1 Å². The van der Waals surface area contributed by atoms with Gasteiger partial charge in [-0.1, -0.05) is 6.58 Å². The van der Waals surface area contributed by atoms with Crippen LogP contribution in [0.4, 0.5) is 0 Å². The number of hydrogen-bond acceptors (Lipinski definition) is 6. The van der Waals surface area contributed by atoms with Crippen molar-refractivity contribution in [1.82, 2.24) is 0 Å². The average Bonchev–Trinajstić information content (AvgIpc) is 2.31. The predicted molar refractivity (Wildman–Crippen MR) is 59.4 cm³/mol. The van der Waals surface area contributed by atoms with E-state index in [0.29, 0.717) is 12.2 Å². The minimum Gasteiger partial charge on any atom is -0.467 e. The summed E-state index contributed by atoms with van der Waals surface area (Å²) >= 11 is 0. The fourth-order valence-electron chi connectivity index (χ4n) is 0.751. The van der Waals surface area contributed by atoms with Gasteiger partial charge in [-0.2, -0.15) is 0 Å². The van der Waals surface area contributed by atoms with Crippen LogP contribution in [0.3, 0.4) is 0 Å². The lowest BCUT2D eigenvalue weighted by Gasteiger charge is -2.06. The molecular weight excluding hydrogens is 228 g/mol. The molecule has 0 N–H and O–H groups in total. The third kappa shape index (κ3) is 9.52. The molecule has 0 aliphatic rings. The zero-order valence-corrected chi connectivity index (χ0v) is 10.2. The Labute approximate surface area is 100 Å². The Hall–Kier alpha value is -1.40. The van der Waals surface area contributed by atoms with E-state index in [9.17, 15) is 9.59 Å². The van der Waals surface area contributed by atoms with Crippen LogP contribution in [0.15, 0.2) is 12.2 Å². The standard InChI is InChI=1S/C11H18O6/c1-9(2)11(13)17-7-6-15-4-5-16-8-10(12)14-3/h1,4-8H2,2-3H3. The second kappa shape index (κ2) is 9.80. The highest BCUT2D eigenvalue weighted by Crippen LogP contribution is 1.91. The average molecular weight is 246 g/mol. The van der Waals surface area contributed by atoms with E-state index in [1.54, 1.807) is 6.92 Å². The van der Waals surface area contributed by atoms with Crippen molar-refractivity contribution in [3.8, 4) is 0 Å². The van der Waals surface area contributed by atoms with E-state index in [-0.39, 0.29) is 26.4 Å². The maximum atomic E-state index is 10.9. The Morgan fingerprint density at radius 3 is 2.24 bits per heavy atom. The first-order chi connectivity index (χ1) is 8.07. The van der Waals surface area contributed by atoms with Crippen molar-refractivity contribution in [2.24, 2.45) is 0 Å². The van der Waals surface area contributed by atoms with Crippen molar-refractivity contribution >= 4 is 11.9 Å². The fraction of sp³-hybridized carbons (Fsp3) is 0.636. The molecule has 0 aliphatic carbocycles. The zero-order chi connectivity index (χ0) is 13.1. The summed E-state index contributed by atoms with van der Waals surface area (Å²) in [6.07, 6.45) is 0. The quantitative estimate of drug-likeness (QED) is 0.331. The Balaban J connectivity index is 3.22. The van der Waals surface area contributed by atoms with Crippen LogP contribution in [0.1, 0.15) is 6.92 Å². The highest BCUT2D eigenvalue weighted by atomic mass is 16.6. The van der Waals surface area contributed by atoms with Gasteiger partial charge in [-0.05, 0) is 6.92 Å². The second-order valence-corrected chi connectivity index (χ2v) is 3.16. The second-order valence-electron chi connectivity index (χ2n) is 3.16. The van der Waals surface area contributed by atoms with E-state index in [1.165, 1.54) is 7.11 Å². The van der Waals surface area contributed by atoms with E-state index < -0.39 is 11.9 Å². The summed E-state index contributed by atoms with van der Waals surface area (Å²) in [5, 5.41) is 0. The van der Waals surface area contributed by atoms with Crippen molar-refractivity contribution in [2.45, 2.75) is 6.92 Å². The van der Waals surface area contributed by atoms with Gasteiger partial charge in [0.2, 0.25) is 0 Å². The van der Waals surface area contributed by atoms with Crippen molar-refractivity contribution in [3.63, 3.8) is 0 Å². The van der Waals surface area contributed by atoms with Gasteiger partial charge < -0.3 is 18.9 Å². The fourth-order valence-corrected chi connectivity index (χ4v) is 0.751. The number of methoxy groups -OCH3 is 1. The molecule has 6 heteroatoms. The first-order valence-corrected chi connectivity index (χ1v) is 5.13. The molecule has 0 atom stereocenters. The predicted octanol–water partition coefficient (Wildman–Crippen LogP) is 0.312. The van der Waals surface area contributed by atoms with Crippen LogP contribution in [-0.2, 0) is 28.5 Å². The molecule has 0 aromatic heterocycles. The summed E-state index contributed by atoms with van der Waals surface area (Å²) in [6.45, 7) is 5.97. The molecule has 0 aromatic carbocycles. The molecule has 0 aromatic rings. The van der Waals surface area contributed by atoms with Crippen molar-refractivity contribution in [3.05, 3.63) is 12.2 Å². The van der Waals surface area contributed by atoms with Crippen LogP contribution < -0.4 is 0 Å². The SMILES string of the molecule is C=C(C)C(=O)OCCOCCOCC(=O)OC. The molecule has 0 radical (unpaired) electrons. The summed E-state index contributed by atoms with van der Waals surface area (Å²) in [7, 11) is 1.29. The summed E-state index contributed by atoms with van der Waals surface area (Å²) in [4.78, 5) is 21.6. The molecule has 0 amide bonds. The maximum absolute atomic E-state index is 10.9. The normalized spacial score (nSPS) is 9.76. The van der Waals surface area contributed by atoms with Gasteiger partial charge in [0.05, 0.1) is 26.9 Å². The van der Waals surface area contributed by atoms with E-state index >= 15 is 0 Å². The largest absolute Gasteiger partial charge is 0.467 e. The molecule has 0 bridgehead atoms. The minimum absolute atomic E-state index is 0.0928. The third-order valence-electron chi connectivity index (χ3n) is 1.63. The monoisotopic (exact) mass is 246 g/mol. The molecule has 0 saturated carbocycles. The van der Waals surface area contributed by atoms with Gasteiger partial charge in [0.1, 0.15) is 13.2 Å². The number of hydrogen-bond donors (Lipinski definition) is 0. The van der Waals surface area contributed by atoms with Crippen LogP contribution in [0.5, 0.6) is 0 Å². The van der Waals surface area contributed by atoms with Gasteiger partial charge in [0.15, 0.2) is 0 Å². The van der Waals surface area contributed by atoms with E-state index in [4.69, 9.17) is 14.2 Å². The number of esters is 2. The van der Waals surface area contributed by atoms with Crippen molar-refractivity contribution in [1.29, 1.82) is 0 Å².